The molecule has 1 rings (SSSR count). The Morgan fingerprint density at radius 1 is 1.45 bits per heavy atom. The number of aryl methyl sites for hydroxylation is 1. The number of nitrogens with two attached hydrogens (primary N) is 1. The molecule has 0 fully saturated rings. The fraction of sp³-hybridized carbons (Fsp3) is 0.429. The minimum atomic E-state index is -0.326. The number of rotatable bonds is 7. The molecule has 0 aliphatic heterocycles. The topological polar surface area (TPSA) is 55.6 Å². The van der Waals surface area contributed by atoms with E-state index in [-0.39, 0.29) is 11.7 Å². The normalized spacial score (nSPS) is 10.3. The predicted molar refractivity (Wildman–Crippen MR) is 80.3 cm³/mol. The summed E-state index contributed by atoms with van der Waals surface area (Å²) in [7, 11) is 1.57. The van der Waals surface area contributed by atoms with Gasteiger partial charge < -0.3 is 15.4 Å². The van der Waals surface area contributed by atoms with Gasteiger partial charge in [0.2, 0.25) is 0 Å². The van der Waals surface area contributed by atoms with Crippen molar-refractivity contribution in [3.05, 3.63) is 35.1 Å². The Bertz CT molecular complexity index is 494. The molecule has 0 unspecified atom stereocenters. The highest BCUT2D eigenvalue weighted by Crippen LogP contribution is 2.12. The Hall–Kier alpha value is -1.53. The van der Waals surface area contributed by atoms with Gasteiger partial charge in [0.05, 0.1) is 11.6 Å². The van der Waals surface area contributed by atoms with Crippen LogP contribution in [-0.4, -0.2) is 42.6 Å². The van der Waals surface area contributed by atoms with Gasteiger partial charge in [-0.1, -0.05) is 12.2 Å². The first-order chi connectivity index (χ1) is 9.45. The number of hydrogen-bond donors (Lipinski definition) is 1. The summed E-state index contributed by atoms with van der Waals surface area (Å²) < 4.78 is 18.2. The van der Waals surface area contributed by atoms with Crippen molar-refractivity contribution in [3.8, 4) is 0 Å². The molecular weight excluding hydrogens is 279 g/mol. The number of carbonyl (C=O) groups is 1. The second-order valence-corrected chi connectivity index (χ2v) is 4.99. The monoisotopic (exact) mass is 298 g/mol. The molecule has 0 aromatic heterocycles. The molecule has 4 nitrogen and oxygen atoms in total. The van der Waals surface area contributed by atoms with Gasteiger partial charge in [-0.3, -0.25) is 4.79 Å². The molecule has 0 radical (unpaired) electrons. The largest absolute Gasteiger partial charge is 0.393 e. The van der Waals surface area contributed by atoms with Gasteiger partial charge in [-0.05, 0) is 30.7 Å². The lowest BCUT2D eigenvalue weighted by molar-refractivity contribution is 0.0701. The van der Waals surface area contributed by atoms with E-state index < -0.39 is 0 Å². The third-order valence-corrected chi connectivity index (χ3v) is 3.09. The summed E-state index contributed by atoms with van der Waals surface area (Å²) in [5, 5.41) is 0. The van der Waals surface area contributed by atoms with Gasteiger partial charge in [-0.2, -0.15) is 0 Å². The standard InChI is InChI=1S/C14H19FN2O2S/c1-10-9-11(3-4-12(10)15)14(18)17(7-8-19-2)6-5-13(16)20/h3-4,9H,5-8H2,1-2H3,(H2,16,20). The molecule has 1 amide bonds. The van der Waals surface area contributed by atoms with Crippen molar-refractivity contribution < 1.29 is 13.9 Å². The van der Waals surface area contributed by atoms with E-state index in [0.29, 0.717) is 42.2 Å². The molecule has 0 atom stereocenters. The van der Waals surface area contributed by atoms with Crippen LogP contribution in [0.25, 0.3) is 0 Å². The lowest BCUT2D eigenvalue weighted by atomic mass is 10.1. The Balaban J connectivity index is 2.84. The molecule has 0 aliphatic rings. The van der Waals surface area contributed by atoms with Crippen LogP contribution in [0.15, 0.2) is 18.2 Å². The molecule has 0 saturated heterocycles. The van der Waals surface area contributed by atoms with Gasteiger partial charge in [-0.25, -0.2) is 4.39 Å². The van der Waals surface area contributed by atoms with Crippen LogP contribution in [0.3, 0.4) is 0 Å². The zero-order valence-electron chi connectivity index (χ0n) is 11.7. The Morgan fingerprint density at radius 2 is 2.15 bits per heavy atom. The van der Waals surface area contributed by atoms with E-state index in [4.69, 9.17) is 22.7 Å². The van der Waals surface area contributed by atoms with Gasteiger partial charge in [0.15, 0.2) is 0 Å². The van der Waals surface area contributed by atoms with Crippen LogP contribution in [0.4, 0.5) is 4.39 Å². The van der Waals surface area contributed by atoms with Crippen molar-refractivity contribution in [2.75, 3.05) is 26.8 Å². The van der Waals surface area contributed by atoms with Crippen molar-refractivity contribution in [2.45, 2.75) is 13.3 Å². The molecule has 1 aromatic rings. The number of nitrogens with zero attached hydrogens (tertiary/aromatic N) is 1. The molecular formula is C14H19FN2O2S. The van der Waals surface area contributed by atoms with Crippen LogP contribution >= 0.6 is 12.2 Å². The van der Waals surface area contributed by atoms with Crippen LogP contribution in [0.2, 0.25) is 0 Å². The van der Waals surface area contributed by atoms with Gasteiger partial charge in [-0.15, -0.1) is 0 Å². The third kappa shape index (κ3) is 4.86. The second-order valence-electron chi connectivity index (χ2n) is 4.47. The first-order valence-electron chi connectivity index (χ1n) is 6.28. The van der Waals surface area contributed by atoms with Gasteiger partial charge in [0.25, 0.3) is 5.91 Å². The van der Waals surface area contributed by atoms with Gasteiger partial charge >= 0.3 is 0 Å². The van der Waals surface area contributed by atoms with Gasteiger partial charge in [0.1, 0.15) is 5.82 Å². The quantitative estimate of drug-likeness (QED) is 0.781. The molecule has 0 heterocycles. The Kier molecular flexibility index (Phi) is 6.54. The summed E-state index contributed by atoms with van der Waals surface area (Å²) in [4.78, 5) is 14.4. The van der Waals surface area contributed by atoms with E-state index in [9.17, 15) is 9.18 Å². The molecule has 1 aromatic carbocycles. The number of thiocarbonyl (C=S) groups is 1. The molecule has 20 heavy (non-hydrogen) atoms. The smallest absolute Gasteiger partial charge is 0.253 e. The average Bonchev–Trinajstić information content (AvgIpc) is 2.41. The molecule has 6 heteroatoms. The molecule has 2 N–H and O–H groups in total. The third-order valence-electron chi connectivity index (χ3n) is 2.89. The summed E-state index contributed by atoms with van der Waals surface area (Å²) in [6, 6.07) is 4.31. The number of ether oxygens (including phenoxy) is 1. The van der Waals surface area contributed by atoms with E-state index >= 15 is 0 Å². The van der Waals surface area contributed by atoms with E-state index in [1.165, 1.54) is 18.2 Å². The number of carbonyl (C=O) groups excluding carboxylic acids is 1. The molecule has 0 aliphatic carbocycles. The summed E-state index contributed by atoms with van der Waals surface area (Å²) in [5.74, 6) is -0.505. The van der Waals surface area contributed by atoms with Crippen molar-refractivity contribution in [1.29, 1.82) is 0 Å². The maximum atomic E-state index is 13.2. The summed E-state index contributed by atoms with van der Waals surface area (Å²) >= 11 is 4.83. The summed E-state index contributed by atoms with van der Waals surface area (Å²) in [5.41, 5.74) is 6.35. The van der Waals surface area contributed by atoms with Crippen molar-refractivity contribution in [1.82, 2.24) is 4.90 Å². The number of benzene rings is 1. The minimum absolute atomic E-state index is 0.179. The second kappa shape index (κ2) is 7.91. The summed E-state index contributed by atoms with van der Waals surface area (Å²) in [6.07, 6.45) is 0.449. The fourth-order valence-corrected chi connectivity index (χ4v) is 1.81. The van der Waals surface area contributed by atoms with Crippen molar-refractivity contribution in [3.63, 3.8) is 0 Å². The van der Waals surface area contributed by atoms with Crippen molar-refractivity contribution >= 4 is 23.1 Å². The zero-order chi connectivity index (χ0) is 15.1. The number of amides is 1. The molecule has 110 valence electrons. The number of methoxy groups -OCH3 is 1. The molecule has 0 spiro atoms. The van der Waals surface area contributed by atoms with Crippen LogP contribution in [0.5, 0.6) is 0 Å². The highest BCUT2D eigenvalue weighted by Gasteiger charge is 2.16. The van der Waals surface area contributed by atoms with Crippen LogP contribution < -0.4 is 5.73 Å². The number of halogens is 1. The zero-order valence-corrected chi connectivity index (χ0v) is 12.5. The highest BCUT2D eigenvalue weighted by molar-refractivity contribution is 7.80. The van der Waals surface area contributed by atoms with Crippen molar-refractivity contribution in [2.24, 2.45) is 5.73 Å². The van der Waals surface area contributed by atoms with E-state index in [1.807, 2.05) is 0 Å². The molecule has 0 saturated carbocycles. The highest BCUT2D eigenvalue weighted by atomic mass is 32.1. The Labute approximate surface area is 123 Å². The fourth-order valence-electron chi connectivity index (χ4n) is 1.72. The maximum Gasteiger partial charge on any atom is 0.253 e. The first-order valence-corrected chi connectivity index (χ1v) is 6.69. The van der Waals surface area contributed by atoms with E-state index in [2.05, 4.69) is 0 Å². The van der Waals surface area contributed by atoms with E-state index in [0.717, 1.165) is 0 Å². The lowest BCUT2D eigenvalue weighted by Crippen LogP contribution is -2.36. The van der Waals surface area contributed by atoms with Crippen LogP contribution in [-0.2, 0) is 4.74 Å². The van der Waals surface area contributed by atoms with Crippen LogP contribution in [0, 0.1) is 12.7 Å². The SMILES string of the molecule is COCCN(CCC(N)=S)C(=O)c1ccc(F)c(C)c1. The first kappa shape index (κ1) is 16.5. The summed E-state index contributed by atoms with van der Waals surface area (Å²) in [6.45, 7) is 2.91. The average molecular weight is 298 g/mol. The van der Waals surface area contributed by atoms with Crippen LogP contribution in [0.1, 0.15) is 22.3 Å². The van der Waals surface area contributed by atoms with E-state index in [1.54, 1.807) is 18.9 Å². The molecule has 0 bridgehead atoms. The minimum Gasteiger partial charge on any atom is -0.393 e. The predicted octanol–water partition coefficient (Wildman–Crippen LogP) is 1.90. The van der Waals surface area contributed by atoms with Gasteiger partial charge in [0, 0.05) is 32.2 Å². The lowest BCUT2D eigenvalue weighted by Gasteiger charge is -2.22. The Morgan fingerprint density at radius 3 is 2.70 bits per heavy atom. The number of hydrogen-bond acceptors (Lipinski definition) is 3. The maximum absolute atomic E-state index is 13.2.